The number of hydrogen-bond acceptors (Lipinski definition) is 4. The highest BCUT2D eigenvalue weighted by Crippen LogP contribution is 2.27. The molecule has 1 amide bonds. The molecule has 1 saturated heterocycles. The van der Waals surface area contributed by atoms with Gasteiger partial charge in [-0.25, -0.2) is 8.42 Å². The average molecular weight is 445 g/mol. The van der Waals surface area contributed by atoms with E-state index in [0.29, 0.717) is 25.3 Å². The smallest absolute Gasteiger partial charge is 0.243 e. The van der Waals surface area contributed by atoms with Crippen LogP contribution < -0.4 is 10.1 Å². The average Bonchev–Trinajstić information content (AvgIpc) is 2.78. The molecule has 6 nitrogen and oxygen atoms in total. The third kappa shape index (κ3) is 5.86. The molecule has 0 unspecified atom stereocenters. The zero-order valence-electron chi connectivity index (χ0n) is 18.6. The monoisotopic (exact) mass is 444 g/mol. The van der Waals surface area contributed by atoms with Gasteiger partial charge in [-0.2, -0.15) is 4.31 Å². The third-order valence-corrected chi connectivity index (χ3v) is 7.68. The second kappa shape index (κ2) is 10.3. The number of carbonyl (C=O) groups excluding carboxylic acids is 1. The molecule has 2 aromatic carbocycles. The predicted molar refractivity (Wildman–Crippen MR) is 122 cm³/mol. The van der Waals surface area contributed by atoms with Crippen LogP contribution in [0.5, 0.6) is 5.75 Å². The Balaban J connectivity index is 1.68. The molecule has 1 heterocycles. The second-order valence-corrected chi connectivity index (χ2v) is 10.1. The minimum Gasteiger partial charge on any atom is -0.496 e. The van der Waals surface area contributed by atoms with Gasteiger partial charge in [0.15, 0.2) is 0 Å². The fourth-order valence-corrected chi connectivity index (χ4v) is 5.43. The van der Waals surface area contributed by atoms with E-state index in [2.05, 4.69) is 5.32 Å². The molecule has 1 atom stereocenters. The van der Waals surface area contributed by atoms with Crippen LogP contribution >= 0.6 is 0 Å². The highest BCUT2D eigenvalue weighted by molar-refractivity contribution is 7.89. The van der Waals surface area contributed by atoms with Crippen molar-refractivity contribution in [3.05, 3.63) is 59.2 Å². The molecule has 1 aliphatic rings. The number of nitrogens with zero attached hydrogens (tertiary/aromatic N) is 1. The SMILES string of the molecule is COc1ccc(S(=O)(=O)N2CCCCC2)cc1CCC(=O)N[C@@H](C)c1ccc(C)cc1. The highest BCUT2D eigenvalue weighted by Gasteiger charge is 2.26. The predicted octanol–water partition coefficient (Wildman–Crippen LogP) is 3.99. The zero-order chi connectivity index (χ0) is 22.4. The lowest BCUT2D eigenvalue weighted by Crippen LogP contribution is -2.35. The molecule has 31 heavy (non-hydrogen) atoms. The van der Waals surface area contributed by atoms with Crippen LogP contribution in [0.3, 0.4) is 0 Å². The molecule has 1 N–H and O–H groups in total. The summed E-state index contributed by atoms with van der Waals surface area (Å²) in [6.07, 6.45) is 3.50. The van der Waals surface area contributed by atoms with E-state index in [-0.39, 0.29) is 23.3 Å². The van der Waals surface area contributed by atoms with E-state index in [1.165, 1.54) is 5.56 Å². The number of methoxy groups -OCH3 is 1. The van der Waals surface area contributed by atoms with Gasteiger partial charge in [0.05, 0.1) is 18.0 Å². The number of rotatable bonds is 8. The van der Waals surface area contributed by atoms with Crippen LogP contribution in [0, 0.1) is 6.92 Å². The van der Waals surface area contributed by atoms with Crippen LogP contribution in [0.2, 0.25) is 0 Å². The first-order chi connectivity index (χ1) is 14.8. The van der Waals surface area contributed by atoms with E-state index in [9.17, 15) is 13.2 Å². The summed E-state index contributed by atoms with van der Waals surface area (Å²) in [5.41, 5.74) is 2.94. The summed E-state index contributed by atoms with van der Waals surface area (Å²) >= 11 is 0. The van der Waals surface area contributed by atoms with Crippen molar-refractivity contribution in [2.24, 2.45) is 0 Å². The van der Waals surface area contributed by atoms with Crippen molar-refractivity contribution in [3.63, 3.8) is 0 Å². The van der Waals surface area contributed by atoms with Gasteiger partial charge in [-0.15, -0.1) is 0 Å². The van der Waals surface area contributed by atoms with Crippen LogP contribution in [-0.4, -0.2) is 38.8 Å². The Hall–Kier alpha value is -2.38. The van der Waals surface area contributed by atoms with Crippen molar-refractivity contribution in [2.45, 2.75) is 56.9 Å². The Bertz CT molecular complexity index is 997. The first-order valence-electron chi connectivity index (χ1n) is 10.8. The topological polar surface area (TPSA) is 75.7 Å². The molecule has 0 saturated carbocycles. The fourth-order valence-electron chi connectivity index (χ4n) is 3.87. The first kappa shape index (κ1) is 23.3. The molecule has 7 heteroatoms. The van der Waals surface area contributed by atoms with E-state index >= 15 is 0 Å². The molecule has 0 spiro atoms. The molecular weight excluding hydrogens is 412 g/mol. The van der Waals surface area contributed by atoms with Gasteiger partial charge in [-0.3, -0.25) is 4.79 Å². The summed E-state index contributed by atoms with van der Waals surface area (Å²) < 4.78 is 33.0. The molecule has 168 valence electrons. The number of hydrogen-bond donors (Lipinski definition) is 1. The van der Waals surface area contributed by atoms with Crippen LogP contribution in [0.15, 0.2) is 47.4 Å². The summed E-state index contributed by atoms with van der Waals surface area (Å²) in [6.45, 7) is 5.10. The quantitative estimate of drug-likeness (QED) is 0.668. The van der Waals surface area contributed by atoms with Gasteiger partial charge >= 0.3 is 0 Å². The van der Waals surface area contributed by atoms with Crippen molar-refractivity contribution in [3.8, 4) is 5.75 Å². The lowest BCUT2D eigenvalue weighted by molar-refractivity contribution is -0.121. The van der Waals surface area contributed by atoms with E-state index < -0.39 is 10.0 Å². The van der Waals surface area contributed by atoms with Gasteiger partial charge in [-0.05, 0) is 62.4 Å². The van der Waals surface area contributed by atoms with Crippen molar-refractivity contribution in [1.29, 1.82) is 0 Å². The maximum Gasteiger partial charge on any atom is 0.243 e. The van der Waals surface area contributed by atoms with Gasteiger partial charge in [0.25, 0.3) is 0 Å². The van der Waals surface area contributed by atoms with Gasteiger partial charge in [0.2, 0.25) is 15.9 Å². The molecule has 0 radical (unpaired) electrons. The van der Waals surface area contributed by atoms with Gasteiger partial charge in [-0.1, -0.05) is 36.2 Å². The number of ether oxygens (including phenoxy) is 1. The Morgan fingerprint density at radius 3 is 2.42 bits per heavy atom. The van der Waals surface area contributed by atoms with Crippen molar-refractivity contribution >= 4 is 15.9 Å². The number of piperidine rings is 1. The number of nitrogens with one attached hydrogen (secondary N) is 1. The number of amides is 1. The summed E-state index contributed by atoms with van der Waals surface area (Å²) in [5.74, 6) is 0.511. The lowest BCUT2D eigenvalue weighted by atomic mass is 10.1. The number of carbonyl (C=O) groups is 1. The Kier molecular flexibility index (Phi) is 7.73. The van der Waals surface area contributed by atoms with Gasteiger partial charge in [0, 0.05) is 19.5 Å². The molecule has 3 rings (SSSR count). The van der Waals surface area contributed by atoms with Crippen LogP contribution in [-0.2, 0) is 21.2 Å². The van der Waals surface area contributed by atoms with E-state index in [1.54, 1.807) is 29.6 Å². The Morgan fingerprint density at radius 2 is 1.77 bits per heavy atom. The van der Waals surface area contributed by atoms with Crippen LogP contribution in [0.1, 0.15) is 55.3 Å². The Morgan fingerprint density at radius 1 is 1.10 bits per heavy atom. The molecule has 1 aliphatic heterocycles. The zero-order valence-corrected chi connectivity index (χ0v) is 19.4. The normalized spacial score (nSPS) is 16.0. The standard InChI is InChI=1S/C24H32N2O4S/c1-18-7-9-20(10-8-18)19(2)25-24(27)14-11-21-17-22(12-13-23(21)30-3)31(28,29)26-15-5-4-6-16-26/h7-10,12-13,17,19H,4-6,11,14-16H2,1-3H3,(H,25,27)/t19-/m0/s1. The maximum atomic E-state index is 13.0. The van der Waals surface area contributed by atoms with Gasteiger partial charge < -0.3 is 10.1 Å². The molecule has 0 bridgehead atoms. The minimum absolute atomic E-state index is 0.0839. The summed E-state index contributed by atoms with van der Waals surface area (Å²) in [5, 5.41) is 3.01. The van der Waals surface area contributed by atoms with Crippen molar-refractivity contribution in [2.75, 3.05) is 20.2 Å². The summed E-state index contributed by atoms with van der Waals surface area (Å²) in [7, 11) is -1.98. The lowest BCUT2D eigenvalue weighted by Gasteiger charge is -2.26. The summed E-state index contributed by atoms with van der Waals surface area (Å²) in [4.78, 5) is 12.8. The van der Waals surface area contributed by atoms with Crippen LogP contribution in [0.4, 0.5) is 0 Å². The largest absolute Gasteiger partial charge is 0.496 e. The number of aryl methyl sites for hydroxylation is 2. The van der Waals surface area contributed by atoms with Crippen molar-refractivity contribution in [1.82, 2.24) is 9.62 Å². The Labute approximate surface area is 185 Å². The first-order valence-corrected chi connectivity index (χ1v) is 12.3. The molecule has 0 aromatic heterocycles. The van der Waals surface area contributed by atoms with E-state index in [4.69, 9.17) is 4.74 Å². The van der Waals surface area contributed by atoms with Crippen LogP contribution in [0.25, 0.3) is 0 Å². The molecule has 1 fully saturated rings. The number of benzene rings is 2. The molecule has 2 aromatic rings. The molecule has 0 aliphatic carbocycles. The summed E-state index contributed by atoms with van der Waals surface area (Å²) in [6, 6.07) is 12.9. The highest BCUT2D eigenvalue weighted by atomic mass is 32.2. The number of sulfonamides is 1. The van der Waals surface area contributed by atoms with Gasteiger partial charge in [0.1, 0.15) is 5.75 Å². The van der Waals surface area contributed by atoms with Crippen molar-refractivity contribution < 1.29 is 17.9 Å². The van der Waals surface area contributed by atoms with E-state index in [1.807, 2.05) is 38.1 Å². The molecular formula is C24H32N2O4S. The fraction of sp³-hybridized carbons (Fsp3) is 0.458. The maximum absolute atomic E-state index is 13.0. The third-order valence-electron chi connectivity index (χ3n) is 5.78. The van der Waals surface area contributed by atoms with E-state index in [0.717, 1.165) is 30.4 Å². The second-order valence-electron chi connectivity index (χ2n) is 8.14. The minimum atomic E-state index is -3.53.